The number of hydrogen-bond acceptors (Lipinski definition) is 3. The van der Waals surface area contributed by atoms with Gasteiger partial charge in [-0.3, -0.25) is 4.98 Å². The molecule has 0 aliphatic rings. The predicted molar refractivity (Wildman–Crippen MR) is 44.9 cm³/mol. The summed E-state index contributed by atoms with van der Waals surface area (Å²) in [7, 11) is 1.81. The molecule has 0 aliphatic heterocycles. The molecule has 11 heavy (non-hydrogen) atoms. The van der Waals surface area contributed by atoms with Crippen molar-refractivity contribution in [2.75, 3.05) is 7.05 Å². The molecule has 0 saturated carbocycles. The first-order chi connectivity index (χ1) is 5.24. The van der Waals surface area contributed by atoms with Crippen molar-refractivity contribution in [3.8, 4) is 0 Å². The average Bonchev–Trinajstić information content (AvgIpc) is 2.03. The van der Waals surface area contributed by atoms with Gasteiger partial charge in [-0.25, -0.2) is 4.98 Å². The number of aromatic nitrogens is 2. The fourth-order valence-corrected chi connectivity index (χ4v) is 0.737. The molecule has 0 radical (unpaired) electrons. The summed E-state index contributed by atoms with van der Waals surface area (Å²) in [6, 6.07) is 0. The minimum atomic E-state index is 0.793. The standard InChI is InChI=1S/C8H11N3/c1-6-4-10-5-8(11-6)7(2)9-3/h4-5,9H,2H2,1,3H3. The van der Waals surface area contributed by atoms with Crippen molar-refractivity contribution in [2.24, 2.45) is 0 Å². The lowest BCUT2D eigenvalue weighted by atomic mass is 10.3. The Bertz CT molecular complexity index is 268. The van der Waals surface area contributed by atoms with E-state index in [2.05, 4.69) is 21.9 Å². The molecular weight excluding hydrogens is 138 g/mol. The molecule has 0 fully saturated rings. The zero-order valence-electron chi connectivity index (χ0n) is 6.76. The summed E-state index contributed by atoms with van der Waals surface area (Å²) in [5.74, 6) is 0. The number of aryl methyl sites for hydroxylation is 1. The Morgan fingerprint density at radius 3 is 2.82 bits per heavy atom. The maximum atomic E-state index is 4.22. The van der Waals surface area contributed by atoms with Gasteiger partial charge < -0.3 is 5.32 Å². The van der Waals surface area contributed by atoms with E-state index < -0.39 is 0 Å². The van der Waals surface area contributed by atoms with Gasteiger partial charge in [0.25, 0.3) is 0 Å². The van der Waals surface area contributed by atoms with E-state index in [1.807, 2.05) is 14.0 Å². The van der Waals surface area contributed by atoms with Crippen molar-refractivity contribution in [1.82, 2.24) is 15.3 Å². The molecule has 1 N–H and O–H groups in total. The van der Waals surface area contributed by atoms with E-state index in [0.717, 1.165) is 17.1 Å². The minimum Gasteiger partial charge on any atom is -0.387 e. The summed E-state index contributed by atoms with van der Waals surface area (Å²) in [5, 5.41) is 2.91. The molecule has 0 saturated heterocycles. The Hall–Kier alpha value is -1.38. The molecule has 1 rings (SSSR count). The summed E-state index contributed by atoms with van der Waals surface area (Å²) in [6.45, 7) is 5.67. The fraction of sp³-hybridized carbons (Fsp3) is 0.250. The number of rotatable bonds is 2. The van der Waals surface area contributed by atoms with Crippen LogP contribution in [0.3, 0.4) is 0 Å². The third-order valence-electron chi connectivity index (χ3n) is 1.37. The second kappa shape index (κ2) is 3.14. The van der Waals surface area contributed by atoms with Crippen LogP contribution in [0.25, 0.3) is 5.70 Å². The van der Waals surface area contributed by atoms with Gasteiger partial charge in [0.1, 0.15) is 5.69 Å². The molecule has 3 heteroatoms. The molecule has 0 atom stereocenters. The van der Waals surface area contributed by atoms with Crippen LogP contribution in [0.2, 0.25) is 0 Å². The van der Waals surface area contributed by atoms with E-state index in [0.29, 0.717) is 0 Å². The summed E-state index contributed by atoms with van der Waals surface area (Å²) < 4.78 is 0. The first-order valence-electron chi connectivity index (χ1n) is 3.39. The minimum absolute atomic E-state index is 0.793. The third-order valence-corrected chi connectivity index (χ3v) is 1.37. The van der Waals surface area contributed by atoms with E-state index in [9.17, 15) is 0 Å². The molecule has 0 aromatic carbocycles. The van der Waals surface area contributed by atoms with Crippen LogP contribution in [0.1, 0.15) is 11.4 Å². The van der Waals surface area contributed by atoms with Crippen molar-refractivity contribution in [3.63, 3.8) is 0 Å². The molecule has 0 aliphatic carbocycles. The fourth-order valence-electron chi connectivity index (χ4n) is 0.737. The molecule has 1 aromatic heterocycles. The van der Waals surface area contributed by atoms with Gasteiger partial charge in [-0.15, -0.1) is 0 Å². The highest BCUT2D eigenvalue weighted by Gasteiger charge is 1.96. The van der Waals surface area contributed by atoms with Crippen LogP contribution in [0.15, 0.2) is 19.0 Å². The second-order valence-electron chi connectivity index (χ2n) is 2.27. The van der Waals surface area contributed by atoms with Crippen LogP contribution < -0.4 is 5.32 Å². The normalized spacial score (nSPS) is 9.27. The number of nitrogens with zero attached hydrogens (tertiary/aromatic N) is 2. The summed E-state index contributed by atoms with van der Waals surface area (Å²) >= 11 is 0. The lowest BCUT2D eigenvalue weighted by molar-refractivity contribution is 1.04. The van der Waals surface area contributed by atoms with Crippen molar-refractivity contribution in [2.45, 2.75) is 6.92 Å². The molecule has 58 valence electrons. The largest absolute Gasteiger partial charge is 0.387 e. The highest BCUT2D eigenvalue weighted by Crippen LogP contribution is 2.02. The topological polar surface area (TPSA) is 37.8 Å². The molecule has 0 bridgehead atoms. The Morgan fingerprint density at radius 2 is 2.27 bits per heavy atom. The van der Waals surface area contributed by atoms with Gasteiger partial charge in [0, 0.05) is 13.2 Å². The van der Waals surface area contributed by atoms with Gasteiger partial charge in [0.05, 0.1) is 17.6 Å². The van der Waals surface area contributed by atoms with Crippen LogP contribution in [0, 0.1) is 6.92 Å². The number of hydrogen-bond donors (Lipinski definition) is 1. The highest BCUT2D eigenvalue weighted by atomic mass is 14.9. The molecule has 3 nitrogen and oxygen atoms in total. The van der Waals surface area contributed by atoms with Gasteiger partial charge in [0.2, 0.25) is 0 Å². The van der Waals surface area contributed by atoms with Gasteiger partial charge in [-0.2, -0.15) is 0 Å². The molecular formula is C8H11N3. The van der Waals surface area contributed by atoms with E-state index >= 15 is 0 Å². The van der Waals surface area contributed by atoms with E-state index in [4.69, 9.17) is 0 Å². The van der Waals surface area contributed by atoms with Crippen molar-refractivity contribution in [3.05, 3.63) is 30.4 Å². The third kappa shape index (κ3) is 1.77. The molecule has 1 heterocycles. The maximum absolute atomic E-state index is 4.22. The predicted octanol–water partition coefficient (Wildman–Crippen LogP) is 0.975. The molecule has 0 spiro atoms. The Kier molecular flexibility index (Phi) is 2.21. The van der Waals surface area contributed by atoms with Gasteiger partial charge >= 0.3 is 0 Å². The average molecular weight is 149 g/mol. The molecule has 0 unspecified atom stereocenters. The van der Waals surface area contributed by atoms with E-state index in [1.54, 1.807) is 12.4 Å². The smallest absolute Gasteiger partial charge is 0.104 e. The SMILES string of the molecule is C=C(NC)c1cncc(C)n1. The first-order valence-corrected chi connectivity index (χ1v) is 3.39. The second-order valence-corrected chi connectivity index (χ2v) is 2.27. The quantitative estimate of drug-likeness (QED) is 0.681. The van der Waals surface area contributed by atoms with Crippen LogP contribution in [-0.2, 0) is 0 Å². The van der Waals surface area contributed by atoms with E-state index in [1.165, 1.54) is 0 Å². The van der Waals surface area contributed by atoms with Crippen LogP contribution >= 0.6 is 0 Å². The molecule has 1 aromatic rings. The number of nitrogens with one attached hydrogen (secondary N) is 1. The first kappa shape index (κ1) is 7.72. The lowest BCUT2D eigenvalue weighted by Gasteiger charge is -2.02. The van der Waals surface area contributed by atoms with Gasteiger partial charge in [-0.05, 0) is 6.92 Å². The Labute approximate surface area is 66.2 Å². The molecule has 0 amide bonds. The zero-order chi connectivity index (χ0) is 8.27. The van der Waals surface area contributed by atoms with Gasteiger partial charge in [0.15, 0.2) is 0 Å². The van der Waals surface area contributed by atoms with Crippen LogP contribution in [0.5, 0.6) is 0 Å². The van der Waals surface area contributed by atoms with Crippen molar-refractivity contribution < 1.29 is 0 Å². The highest BCUT2D eigenvalue weighted by molar-refractivity contribution is 5.56. The van der Waals surface area contributed by atoms with Gasteiger partial charge in [-0.1, -0.05) is 6.58 Å². The van der Waals surface area contributed by atoms with Crippen LogP contribution in [0.4, 0.5) is 0 Å². The Morgan fingerprint density at radius 1 is 1.55 bits per heavy atom. The van der Waals surface area contributed by atoms with E-state index in [-0.39, 0.29) is 0 Å². The van der Waals surface area contributed by atoms with Crippen molar-refractivity contribution >= 4 is 5.70 Å². The maximum Gasteiger partial charge on any atom is 0.104 e. The monoisotopic (exact) mass is 149 g/mol. The van der Waals surface area contributed by atoms with Crippen molar-refractivity contribution in [1.29, 1.82) is 0 Å². The Balaban J connectivity index is 2.96. The lowest BCUT2D eigenvalue weighted by Crippen LogP contribution is -2.05. The summed E-state index contributed by atoms with van der Waals surface area (Å²) in [4.78, 5) is 8.21. The van der Waals surface area contributed by atoms with Crippen LogP contribution in [-0.4, -0.2) is 17.0 Å². The summed E-state index contributed by atoms with van der Waals surface area (Å²) in [6.07, 6.45) is 3.40. The summed E-state index contributed by atoms with van der Waals surface area (Å²) in [5.41, 5.74) is 2.49. The zero-order valence-corrected chi connectivity index (χ0v) is 6.76.